The first kappa shape index (κ1) is 21.1. The third-order valence-electron chi connectivity index (χ3n) is 5.48. The second-order valence-electron chi connectivity index (χ2n) is 7.61. The third-order valence-corrected chi connectivity index (χ3v) is 5.80. The van der Waals surface area contributed by atoms with Gasteiger partial charge in [-0.2, -0.15) is 5.26 Å². The summed E-state index contributed by atoms with van der Waals surface area (Å²) in [5.74, 6) is -1.22. The van der Waals surface area contributed by atoms with Crippen molar-refractivity contribution in [2.75, 3.05) is 11.4 Å². The molecule has 2 amide bonds. The Labute approximate surface area is 174 Å². The number of amides is 2. The van der Waals surface area contributed by atoms with Crippen LogP contribution in [-0.4, -0.2) is 36.0 Å². The van der Waals surface area contributed by atoms with Gasteiger partial charge in [-0.1, -0.05) is 30.9 Å². The molecule has 0 unspecified atom stereocenters. The van der Waals surface area contributed by atoms with Gasteiger partial charge in [0.25, 0.3) is 5.91 Å². The van der Waals surface area contributed by atoms with Gasteiger partial charge in [0.05, 0.1) is 22.3 Å². The number of rotatable bonds is 5. The number of hydrogen-bond acceptors (Lipinski definition) is 5. The molecule has 2 fully saturated rings. The first-order valence-electron chi connectivity index (χ1n) is 9.89. The van der Waals surface area contributed by atoms with E-state index in [4.69, 9.17) is 16.3 Å². The second kappa shape index (κ2) is 8.83. The number of nitriles is 1. The maximum Gasteiger partial charge on any atom is 0.338 e. The molecular formula is C21H24ClN3O4. The van der Waals surface area contributed by atoms with E-state index in [0.717, 1.165) is 25.7 Å². The summed E-state index contributed by atoms with van der Waals surface area (Å²) in [6.07, 6.45) is 4.13. The number of halogens is 1. The van der Waals surface area contributed by atoms with Gasteiger partial charge < -0.3 is 15.0 Å². The highest BCUT2D eigenvalue weighted by atomic mass is 35.5. The monoisotopic (exact) mass is 417 g/mol. The lowest BCUT2D eigenvalue weighted by Crippen LogP contribution is -2.52. The van der Waals surface area contributed by atoms with E-state index < -0.39 is 23.5 Å². The molecule has 0 bridgehead atoms. The molecule has 3 rings (SSSR count). The van der Waals surface area contributed by atoms with Crippen molar-refractivity contribution in [2.24, 2.45) is 0 Å². The summed E-state index contributed by atoms with van der Waals surface area (Å²) in [6, 6.07) is 6.76. The van der Waals surface area contributed by atoms with Crippen molar-refractivity contribution in [3.8, 4) is 6.07 Å². The Kier molecular flexibility index (Phi) is 6.43. The molecule has 1 aromatic carbocycles. The van der Waals surface area contributed by atoms with E-state index in [2.05, 4.69) is 11.4 Å². The minimum atomic E-state index is -1.05. The second-order valence-corrected chi connectivity index (χ2v) is 8.01. The zero-order valence-corrected chi connectivity index (χ0v) is 17.1. The average molecular weight is 418 g/mol. The molecule has 1 aliphatic heterocycles. The Morgan fingerprint density at radius 3 is 2.62 bits per heavy atom. The van der Waals surface area contributed by atoms with Gasteiger partial charge >= 0.3 is 5.97 Å². The van der Waals surface area contributed by atoms with Gasteiger partial charge in [-0.25, -0.2) is 4.79 Å². The number of nitrogens with zero attached hydrogens (tertiary/aromatic N) is 2. The van der Waals surface area contributed by atoms with Gasteiger partial charge in [-0.15, -0.1) is 0 Å². The van der Waals surface area contributed by atoms with Crippen LogP contribution < -0.4 is 10.2 Å². The van der Waals surface area contributed by atoms with Crippen molar-refractivity contribution in [2.45, 2.75) is 63.5 Å². The number of anilines is 1. The number of carbonyl (C=O) groups excluding carboxylic acids is 3. The number of carbonyl (C=O) groups is 3. The summed E-state index contributed by atoms with van der Waals surface area (Å²) in [6.45, 7) is 2.02. The molecule has 154 valence electrons. The van der Waals surface area contributed by atoms with Crippen LogP contribution in [0.25, 0.3) is 0 Å². The Morgan fingerprint density at radius 1 is 1.28 bits per heavy atom. The van der Waals surface area contributed by atoms with Gasteiger partial charge in [0, 0.05) is 13.0 Å². The molecule has 0 spiro atoms. The van der Waals surface area contributed by atoms with Gasteiger partial charge in [-0.3, -0.25) is 9.59 Å². The maximum absolute atomic E-state index is 12.5. The topological polar surface area (TPSA) is 99.5 Å². The van der Waals surface area contributed by atoms with E-state index in [1.54, 1.807) is 4.90 Å². The molecule has 1 atom stereocenters. The first-order chi connectivity index (χ1) is 13.8. The molecular weight excluding hydrogens is 394 g/mol. The Morgan fingerprint density at radius 2 is 2.00 bits per heavy atom. The fourth-order valence-corrected chi connectivity index (χ4v) is 4.01. The van der Waals surface area contributed by atoms with E-state index in [9.17, 15) is 19.6 Å². The van der Waals surface area contributed by atoms with Crippen LogP contribution >= 0.6 is 11.6 Å². The van der Waals surface area contributed by atoms with E-state index in [-0.39, 0.29) is 11.5 Å². The van der Waals surface area contributed by atoms with Crippen molar-refractivity contribution in [1.82, 2.24) is 5.32 Å². The third kappa shape index (κ3) is 4.70. The Bertz CT molecular complexity index is 858. The molecule has 8 heteroatoms. The minimum Gasteiger partial charge on any atom is -0.449 e. The molecule has 1 saturated heterocycles. The molecule has 29 heavy (non-hydrogen) atoms. The summed E-state index contributed by atoms with van der Waals surface area (Å²) in [7, 11) is 0. The Hall–Kier alpha value is -2.59. The quantitative estimate of drug-likeness (QED) is 0.740. The zero-order chi connectivity index (χ0) is 21.0. The number of ether oxygens (including phenoxy) is 1. The summed E-state index contributed by atoms with van der Waals surface area (Å²) in [4.78, 5) is 38.6. The lowest BCUT2D eigenvalue weighted by atomic mass is 9.83. The number of esters is 1. The van der Waals surface area contributed by atoms with Crippen LogP contribution in [-0.2, 0) is 14.3 Å². The predicted molar refractivity (Wildman–Crippen MR) is 107 cm³/mol. The summed E-state index contributed by atoms with van der Waals surface area (Å²) >= 11 is 6.20. The van der Waals surface area contributed by atoms with Crippen molar-refractivity contribution < 1.29 is 19.1 Å². The average Bonchev–Trinajstić information content (AvgIpc) is 3.14. The molecule has 1 heterocycles. The van der Waals surface area contributed by atoms with Crippen LogP contribution in [0.5, 0.6) is 0 Å². The number of hydrogen-bond donors (Lipinski definition) is 1. The molecule has 1 N–H and O–H groups in total. The van der Waals surface area contributed by atoms with E-state index >= 15 is 0 Å². The van der Waals surface area contributed by atoms with Crippen LogP contribution in [0.2, 0.25) is 5.02 Å². The zero-order valence-electron chi connectivity index (χ0n) is 16.4. The Balaban J connectivity index is 1.67. The molecule has 1 aliphatic carbocycles. The first-order valence-corrected chi connectivity index (χ1v) is 10.3. The SMILES string of the molecule is C[C@H](OC(=O)c1ccc(Cl)c(N2CCCC2=O)c1)C(=O)NC1(C#N)CCCCC1. The summed E-state index contributed by atoms with van der Waals surface area (Å²) in [5.41, 5.74) is -0.220. The molecule has 2 aliphatic rings. The van der Waals surface area contributed by atoms with Gasteiger partial charge in [0.1, 0.15) is 5.54 Å². The van der Waals surface area contributed by atoms with Crippen LogP contribution in [0, 0.1) is 11.3 Å². The van der Waals surface area contributed by atoms with E-state index in [1.807, 2.05) is 0 Å². The highest BCUT2D eigenvalue weighted by Gasteiger charge is 2.35. The predicted octanol–water partition coefficient (Wildman–Crippen LogP) is 3.35. The fraction of sp³-hybridized carbons (Fsp3) is 0.524. The van der Waals surface area contributed by atoms with Crippen molar-refractivity contribution >= 4 is 35.1 Å². The van der Waals surface area contributed by atoms with E-state index in [1.165, 1.54) is 25.1 Å². The molecule has 7 nitrogen and oxygen atoms in total. The highest BCUT2D eigenvalue weighted by Crippen LogP contribution is 2.31. The smallest absolute Gasteiger partial charge is 0.338 e. The summed E-state index contributed by atoms with van der Waals surface area (Å²) in [5, 5.41) is 12.6. The molecule has 1 aromatic rings. The largest absolute Gasteiger partial charge is 0.449 e. The lowest BCUT2D eigenvalue weighted by molar-refractivity contribution is -0.130. The molecule has 0 aromatic heterocycles. The number of nitrogens with one attached hydrogen (secondary N) is 1. The van der Waals surface area contributed by atoms with Crippen LogP contribution in [0.3, 0.4) is 0 Å². The van der Waals surface area contributed by atoms with Crippen molar-refractivity contribution in [3.63, 3.8) is 0 Å². The standard InChI is InChI=1S/C21H24ClN3O4/c1-14(19(27)24-21(13-23)9-3-2-4-10-21)29-20(28)15-7-8-16(22)17(12-15)25-11-5-6-18(25)26/h7-8,12,14H,2-6,9-11H2,1H3,(H,24,27)/t14-/m0/s1. The van der Waals surface area contributed by atoms with Crippen LogP contribution in [0.1, 0.15) is 62.2 Å². The van der Waals surface area contributed by atoms with Crippen LogP contribution in [0.4, 0.5) is 5.69 Å². The van der Waals surface area contributed by atoms with Crippen molar-refractivity contribution in [1.29, 1.82) is 5.26 Å². The van der Waals surface area contributed by atoms with Crippen LogP contribution in [0.15, 0.2) is 18.2 Å². The normalized spacial score (nSPS) is 19.3. The van der Waals surface area contributed by atoms with Gasteiger partial charge in [-0.05, 0) is 44.4 Å². The summed E-state index contributed by atoms with van der Waals surface area (Å²) < 4.78 is 5.31. The molecule has 1 saturated carbocycles. The lowest BCUT2D eigenvalue weighted by Gasteiger charge is -2.32. The molecule has 0 radical (unpaired) electrons. The van der Waals surface area contributed by atoms with Crippen molar-refractivity contribution in [3.05, 3.63) is 28.8 Å². The van der Waals surface area contributed by atoms with E-state index in [0.29, 0.717) is 36.5 Å². The van der Waals surface area contributed by atoms with Gasteiger partial charge in [0.2, 0.25) is 5.91 Å². The number of benzene rings is 1. The van der Waals surface area contributed by atoms with Gasteiger partial charge in [0.15, 0.2) is 6.10 Å². The minimum absolute atomic E-state index is 0.0422. The fourth-order valence-electron chi connectivity index (χ4n) is 3.79. The maximum atomic E-state index is 12.5. The highest BCUT2D eigenvalue weighted by molar-refractivity contribution is 6.34.